The number of fused-ring (bicyclic) bond motifs is 1. The number of hydrogen-bond donors (Lipinski definition) is 1. The van der Waals surface area contributed by atoms with Gasteiger partial charge >= 0.3 is 0 Å². The molecule has 0 aliphatic carbocycles. The lowest BCUT2D eigenvalue weighted by Gasteiger charge is -2.28. The van der Waals surface area contributed by atoms with Crippen molar-refractivity contribution in [1.29, 1.82) is 0 Å². The highest BCUT2D eigenvalue weighted by Crippen LogP contribution is 2.31. The number of anilines is 1. The zero-order valence-electron chi connectivity index (χ0n) is 18.0. The van der Waals surface area contributed by atoms with E-state index in [0.717, 1.165) is 52.9 Å². The molecular weight excluding hydrogens is 398 g/mol. The largest absolute Gasteiger partial charge is 0.378 e. The van der Waals surface area contributed by atoms with Crippen molar-refractivity contribution in [2.75, 3.05) is 31.2 Å². The van der Waals surface area contributed by atoms with Crippen molar-refractivity contribution in [3.05, 3.63) is 35.5 Å². The maximum absolute atomic E-state index is 13.4. The summed E-state index contributed by atoms with van der Waals surface area (Å²) in [5.74, 6) is 1.43. The van der Waals surface area contributed by atoms with Crippen LogP contribution < -0.4 is 4.90 Å². The van der Waals surface area contributed by atoms with Crippen LogP contribution in [0.25, 0.3) is 10.9 Å². The molecule has 8 heteroatoms. The number of carbonyl (C=O) groups excluding carboxylic acids is 1. The van der Waals surface area contributed by atoms with Crippen LogP contribution in [0, 0.1) is 12.8 Å². The predicted octanol–water partition coefficient (Wildman–Crippen LogP) is 3.92. The van der Waals surface area contributed by atoms with Gasteiger partial charge in [0, 0.05) is 41.8 Å². The van der Waals surface area contributed by atoms with Crippen molar-refractivity contribution in [3.8, 4) is 0 Å². The van der Waals surface area contributed by atoms with E-state index in [0.29, 0.717) is 19.1 Å². The number of aromatic nitrogens is 4. The summed E-state index contributed by atoms with van der Waals surface area (Å²) in [6.07, 6.45) is 0. The number of Topliss-reactive ketones (excluding diaryl/α,β-unsaturated/α-hetero) is 1. The molecule has 1 saturated heterocycles. The van der Waals surface area contributed by atoms with Gasteiger partial charge in [-0.05, 0) is 25.8 Å². The zero-order valence-corrected chi connectivity index (χ0v) is 18.8. The molecule has 3 aromatic rings. The lowest BCUT2D eigenvalue weighted by atomic mass is 10.1. The summed E-state index contributed by atoms with van der Waals surface area (Å²) in [5.41, 5.74) is 2.67. The third-order valence-corrected chi connectivity index (χ3v) is 6.41. The first-order valence-electron chi connectivity index (χ1n) is 10.5. The molecule has 0 saturated carbocycles. The van der Waals surface area contributed by atoms with Crippen LogP contribution in [0.4, 0.5) is 5.95 Å². The van der Waals surface area contributed by atoms with E-state index in [4.69, 9.17) is 4.74 Å². The molecule has 1 aliphatic rings. The Labute approximate surface area is 181 Å². The molecule has 1 aromatic carbocycles. The number of carbonyl (C=O) groups is 1. The van der Waals surface area contributed by atoms with Crippen molar-refractivity contribution in [2.24, 2.45) is 5.92 Å². The first-order chi connectivity index (χ1) is 14.5. The molecule has 7 nitrogen and oxygen atoms in total. The number of ketones is 1. The van der Waals surface area contributed by atoms with Gasteiger partial charge in [-0.1, -0.05) is 43.8 Å². The number of aryl methyl sites for hydroxylation is 1. The first kappa shape index (κ1) is 20.9. The third kappa shape index (κ3) is 4.11. The fourth-order valence-corrected chi connectivity index (χ4v) is 4.81. The van der Waals surface area contributed by atoms with Gasteiger partial charge in [0.1, 0.15) is 0 Å². The molecule has 30 heavy (non-hydrogen) atoms. The van der Waals surface area contributed by atoms with E-state index >= 15 is 0 Å². The summed E-state index contributed by atoms with van der Waals surface area (Å²) in [7, 11) is 0. The van der Waals surface area contributed by atoms with E-state index < -0.39 is 0 Å². The Kier molecular flexibility index (Phi) is 6.15. The lowest BCUT2D eigenvalue weighted by molar-refractivity contribution is 0.0995. The summed E-state index contributed by atoms with van der Waals surface area (Å²) in [6.45, 7) is 12.1. The van der Waals surface area contributed by atoms with Gasteiger partial charge in [0.05, 0.1) is 18.5 Å². The van der Waals surface area contributed by atoms with E-state index in [-0.39, 0.29) is 11.0 Å². The number of H-pyrrole nitrogens is 1. The number of aromatic amines is 1. The molecule has 4 rings (SSSR count). The van der Waals surface area contributed by atoms with Crippen molar-refractivity contribution >= 4 is 34.4 Å². The Morgan fingerprint density at radius 3 is 2.67 bits per heavy atom. The maximum atomic E-state index is 13.4. The fraction of sp³-hybridized carbons (Fsp3) is 0.500. The topological polar surface area (TPSA) is 76.0 Å². The van der Waals surface area contributed by atoms with Crippen LogP contribution in [0.1, 0.15) is 36.8 Å². The molecule has 2 aromatic heterocycles. The van der Waals surface area contributed by atoms with Crippen LogP contribution in [0.15, 0.2) is 29.4 Å². The summed E-state index contributed by atoms with van der Waals surface area (Å²) in [5, 5.41) is 10.5. The van der Waals surface area contributed by atoms with Crippen LogP contribution in [0.5, 0.6) is 0 Å². The van der Waals surface area contributed by atoms with Gasteiger partial charge in [-0.3, -0.25) is 9.36 Å². The van der Waals surface area contributed by atoms with Crippen molar-refractivity contribution in [1.82, 2.24) is 19.7 Å². The number of morpholine rings is 1. The average Bonchev–Trinajstić information content (AvgIpc) is 3.27. The number of rotatable bonds is 7. The van der Waals surface area contributed by atoms with Crippen molar-refractivity contribution in [2.45, 2.75) is 44.6 Å². The minimum atomic E-state index is -0.268. The van der Waals surface area contributed by atoms with Gasteiger partial charge in [-0.2, -0.15) is 0 Å². The van der Waals surface area contributed by atoms with Crippen LogP contribution in [-0.2, 0) is 11.3 Å². The summed E-state index contributed by atoms with van der Waals surface area (Å²) >= 11 is 1.49. The zero-order chi connectivity index (χ0) is 21.3. The number of ether oxygens (including phenoxy) is 1. The molecule has 0 amide bonds. The van der Waals surface area contributed by atoms with Gasteiger partial charge < -0.3 is 14.6 Å². The first-order valence-corrected chi connectivity index (χ1v) is 11.4. The smallest absolute Gasteiger partial charge is 0.228 e. The SMILES string of the molecule is Cc1[nH]c2ccccc2c1C(=O)[C@@H](C)Sc1nnc(N2CCOCC2)n1CC(C)C. The molecule has 1 aliphatic heterocycles. The van der Waals surface area contributed by atoms with Crippen molar-refractivity contribution in [3.63, 3.8) is 0 Å². The number of para-hydroxylation sites is 1. The van der Waals surface area contributed by atoms with Crippen LogP contribution in [0.3, 0.4) is 0 Å². The molecule has 0 spiro atoms. The van der Waals surface area contributed by atoms with Gasteiger partial charge in [0.25, 0.3) is 0 Å². The highest BCUT2D eigenvalue weighted by molar-refractivity contribution is 8.00. The van der Waals surface area contributed by atoms with Gasteiger partial charge in [-0.15, -0.1) is 10.2 Å². The summed E-state index contributed by atoms with van der Waals surface area (Å²) in [4.78, 5) is 18.9. The monoisotopic (exact) mass is 427 g/mol. The van der Waals surface area contributed by atoms with Crippen LogP contribution >= 0.6 is 11.8 Å². The second kappa shape index (κ2) is 8.81. The molecule has 0 unspecified atom stereocenters. The molecule has 3 heterocycles. The van der Waals surface area contributed by atoms with Crippen molar-refractivity contribution < 1.29 is 9.53 Å². The van der Waals surface area contributed by atoms with Gasteiger partial charge in [0.2, 0.25) is 5.95 Å². The summed E-state index contributed by atoms with van der Waals surface area (Å²) < 4.78 is 7.64. The Bertz CT molecular complexity index is 1040. The predicted molar refractivity (Wildman–Crippen MR) is 121 cm³/mol. The normalized spacial score (nSPS) is 15.8. The third-order valence-electron chi connectivity index (χ3n) is 5.33. The Morgan fingerprint density at radius 2 is 1.93 bits per heavy atom. The van der Waals surface area contributed by atoms with E-state index in [1.165, 1.54) is 11.8 Å². The standard InChI is InChI=1S/C22H29N5O2S/c1-14(2)13-27-21(26-9-11-29-12-10-26)24-25-22(27)30-16(4)20(28)19-15(3)23-18-8-6-5-7-17(18)19/h5-8,14,16,23H,9-13H2,1-4H3/t16-/m1/s1. The highest BCUT2D eigenvalue weighted by atomic mass is 32.2. The Balaban J connectivity index is 1.60. The van der Waals surface area contributed by atoms with E-state index in [1.807, 2.05) is 38.1 Å². The maximum Gasteiger partial charge on any atom is 0.228 e. The number of nitrogens with zero attached hydrogens (tertiary/aromatic N) is 4. The molecule has 1 N–H and O–H groups in total. The second-order valence-electron chi connectivity index (χ2n) is 8.18. The average molecular weight is 428 g/mol. The highest BCUT2D eigenvalue weighted by Gasteiger charge is 2.26. The molecule has 1 atom stereocenters. The van der Waals surface area contributed by atoms with E-state index in [9.17, 15) is 4.79 Å². The quantitative estimate of drug-likeness (QED) is 0.455. The Hall–Kier alpha value is -2.32. The van der Waals surface area contributed by atoms with E-state index in [2.05, 4.69) is 38.5 Å². The molecule has 0 bridgehead atoms. The van der Waals surface area contributed by atoms with Crippen LogP contribution in [-0.4, -0.2) is 57.1 Å². The molecule has 1 fully saturated rings. The number of thioether (sulfide) groups is 1. The number of nitrogens with one attached hydrogen (secondary N) is 1. The number of hydrogen-bond acceptors (Lipinski definition) is 6. The Morgan fingerprint density at radius 1 is 1.20 bits per heavy atom. The van der Waals surface area contributed by atoms with E-state index in [1.54, 1.807) is 0 Å². The fourth-order valence-electron chi connectivity index (χ4n) is 3.90. The minimum Gasteiger partial charge on any atom is -0.378 e. The second-order valence-corrected chi connectivity index (χ2v) is 9.49. The van der Waals surface area contributed by atoms with Crippen LogP contribution in [0.2, 0.25) is 0 Å². The molecule has 0 radical (unpaired) electrons. The number of benzene rings is 1. The molecule has 160 valence electrons. The molecular formula is C22H29N5O2S. The lowest BCUT2D eigenvalue weighted by Crippen LogP contribution is -2.38. The summed E-state index contributed by atoms with van der Waals surface area (Å²) in [6, 6.07) is 7.95. The minimum absolute atomic E-state index is 0.113. The van der Waals surface area contributed by atoms with Gasteiger partial charge in [-0.25, -0.2) is 0 Å². The van der Waals surface area contributed by atoms with Gasteiger partial charge in [0.15, 0.2) is 10.9 Å².